The fourth-order valence-electron chi connectivity index (χ4n) is 2.87. The van der Waals surface area contributed by atoms with Gasteiger partial charge in [-0.25, -0.2) is 8.42 Å². The highest BCUT2D eigenvalue weighted by Crippen LogP contribution is 2.41. The number of nitrogens with zero attached hydrogens (tertiary/aromatic N) is 2. The lowest BCUT2D eigenvalue weighted by molar-refractivity contribution is -0.121. The molecule has 1 amide bonds. The molecule has 2 saturated heterocycles. The molecule has 24 heavy (non-hydrogen) atoms. The highest BCUT2D eigenvalue weighted by Gasteiger charge is 2.49. The number of amidine groups is 1. The molecular weight excluding hydrogens is 412 g/mol. The van der Waals surface area contributed by atoms with E-state index in [4.69, 9.17) is 0 Å². The zero-order valence-electron chi connectivity index (χ0n) is 13.5. The molecule has 130 valence electrons. The molecule has 2 aliphatic heterocycles. The van der Waals surface area contributed by atoms with Crippen molar-refractivity contribution < 1.29 is 13.2 Å². The van der Waals surface area contributed by atoms with Gasteiger partial charge in [-0.15, -0.1) is 0 Å². The Bertz CT molecular complexity index is 794. The van der Waals surface area contributed by atoms with Gasteiger partial charge < -0.3 is 4.90 Å². The summed E-state index contributed by atoms with van der Waals surface area (Å²) in [5, 5.41) is 0.542. The van der Waals surface area contributed by atoms with Crippen LogP contribution in [0.5, 0.6) is 0 Å². The number of amides is 1. The molecule has 2 fully saturated rings. The van der Waals surface area contributed by atoms with Crippen LogP contribution in [0.4, 0.5) is 5.69 Å². The lowest BCUT2D eigenvalue weighted by Crippen LogP contribution is -2.37. The van der Waals surface area contributed by atoms with Gasteiger partial charge in [-0.2, -0.15) is 4.99 Å². The van der Waals surface area contributed by atoms with Crippen LogP contribution < -0.4 is 4.90 Å². The summed E-state index contributed by atoms with van der Waals surface area (Å²) >= 11 is 4.86. The zero-order chi connectivity index (χ0) is 17.5. The van der Waals surface area contributed by atoms with Crippen molar-refractivity contribution in [1.29, 1.82) is 0 Å². The Hall–Kier alpha value is -0.860. The van der Waals surface area contributed by atoms with Crippen LogP contribution in [0.15, 0.2) is 33.7 Å². The summed E-state index contributed by atoms with van der Waals surface area (Å²) in [5.41, 5.74) is 0.858. The Labute approximate surface area is 155 Å². The molecule has 8 heteroatoms. The molecule has 2 heterocycles. The molecule has 0 spiro atoms. The number of hydrogen-bond donors (Lipinski definition) is 0. The second kappa shape index (κ2) is 6.80. The number of sulfone groups is 1. The third-order valence-corrected chi connectivity index (χ3v) is 8.10. The lowest BCUT2D eigenvalue weighted by Gasteiger charge is -2.24. The van der Waals surface area contributed by atoms with Crippen LogP contribution >= 0.6 is 27.7 Å². The molecule has 0 aliphatic carbocycles. The minimum Gasteiger partial charge on any atom is -0.316 e. The fraction of sp³-hybridized carbons (Fsp3) is 0.500. The smallest absolute Gasteiger partial charge is 0.250 e. The summed E-state index contributed by atoms with van der Waals surface area (Å²) < 4.78 is 24.9. The molecule has 0 N–H and O–H groups in total. The van der Waals surface area contributed by atoms with Crippen LogP contribution in [0, 0.1) is 5.92 Å². The van der Waals surface area contributed by atoms with Gasteiger partial charge in [0.05, 0.1) is 17.5 Å². The topological polar surface area (TPSA) is 66.8 Å². The van der Waals surface area contributed by atoms with Gasteiger partial charge in [-0.05, 0) is 24.6 Å². The van der Waals surface area contributed by atoms with Crippen molar-refractivity contribution in [2.75, 3.05) is 16.4 Å². The second-order valence-electron chi connectivity index (χ2n) is 6.19. The van der Waals surface area contributed by atoms with Crippen molar-refractivity contribution in [3.05, 3.63) is 28.7 Å². The number of rotatable bonds is 3. The number of halogens is 1. The van der Waals surface area contributed by atoms with Crippen molar-refractivity contribution in [3.8, 4) is 0 Å². The molecule has 1 aromatic carbocycles. The maximum absolute atomic E-state index is 12.3. The first kappa shape index (κ1) is 17.9. The van der Waals surface area contributed by atoms with Crippen LogP contribution in [0.1, 0.15) is 20.3 Å². The van der Waals surface area contributed by atoms with Gasteiger partial charge in [0, 0.05) is 21.3 Å². The van der Waals surface area contributed by atoms with E-state index < -0.39 is 9.84 Å². The summed E-state index contributed by atoms with van der Waals surface area (Å²) in [6.45, 7) is 3.82. The lowest BCUT2D eigenvalue weighted by atomic mass is 10.1. The SMILES string of the molecule is CC[C@@H](C)C(=O)N=C1S[C@H]2CS(=O)(=O)C[C@@H]2N1c1cccc(Br)c1. The molecule has 0 aromatic heterocycles. The van der Waals surface area contributed by atoms with E-state index in [0.29, 0.717) is 5.17 Å². The molecule has 1 aromatic rings. The first-order chi connectivity index (χ1) is 11.3. The third-order valence-electron chi connectivity index (χ3n) is 4.39. The highest BCUT2D eigenvalue weighted by molar-refractivity contribution is 9.10. The molecule has 0 bridgehead atoms. The molecule has 2 aliphatic rings. The molecule has 3 rings (SSSR count). The molecular formula is C16H19BrN2O3S2. The van der Waals surface area contributed by atoms with E-state index in [1.54, 1.807) is 0 Å². The maximum atomic E-state index is 12.3. The Morgan fingerprint density at radius 1 is 1.46 bits per heavy atom. The Morgan fingerprint density at radius 2 is 2.21 bits per heavy atom. The van der Waals surface area contributed by atoms with Crippen molar-refractivity contribution in [3.63, 3.8) is 0 Å². The van der Waals surface area contributed by atoms with E-state index in [0.717, 1.165) is 16.6 Å². The second-order valence-corrected chi connectivity index (χ2v) is 10.5. The Morgan fingerprint density at radius 3 is 2.88 bits per heavy atom. The first-order valence-electron chi connectivity index (χ1n) is 7.85. The van der Waals surface area contributed by atoms with Gasteiger partial charge in [-0.3, -0.25) is 4.79 Å². The summed E-state index contributed by atoms with van der Waals surface area (Å²) in [4.78, 5) is 18.5. The number of anilines is 1. The van der Waals surface area contributed by atoms with Gasteiger partial charge in [-0.1, -0.05) is 47.6 Å². The van der Waals surface area contributed by atoms with Crippen molar-refractivity contribution in [2.45, 2.75) is 31.6 Å². The van der Waals surface area contributed by atoms with E-state index in [2.05, 4.69) is 20.9 Å². The molecule has 0 radical (unpaired) electrons. The average Bonchev–Trinajstić information content (AvgIpc) is 2.97. The number of carbonyl (C=O) groups excluding carboxylic acids is 1. The fourth-order valence-corrected chi connectivity index (χ4v) is 7.18. The molecule has 0 saturated carbocycles. The molecule has 3 atom stereocenters. The monoisotopic (exact) mass is 430 g/mol. The highest BCUT2D eigenvalue weighted by atomic mass is 79.9. The zero-order valence-corrected chi connectivity index (χ0v) is 16.7. The normalized spacial score (nSPS) is 28.1. The number of fused-ring (bicyclic) bond motifs is 1. The van der Waals surface area contributed by atoms with Crippen LogP contribution in [0.3, 0.4) is 0 Å². The number of aliphatic imine (C=N–C) groups is 1. The van der Waals surface area contributed by atoms with Crippen LogP contribution in [0.25, 0.3) is 0 Å². The van der Waals surface area contributed by atoms with Crippen LogP contribution in [-0.4, -0.2) is 42.3 Å². The predicted octanol–water partition coefficient (Wildman–Crippen LogP) is 3.10. The van der Waals surface area contributed by atoms with E-state index >= 15 is 0 Å². The van der Waals surface area contributed by atoms with E-state index in [1.165, 1.54) is 11.8 Å². The standard InChI is InChI=1S/C16H19BrN2O3S2/c1-3-10(2)15(20)18-16-19(12-6-4-5-11(17)7-12)13-8-24(21,22)9-14(13)23-16/h4-7,10,13-14H,3,8-9H2,1-2H3/t10-,13+,14+/m1/s1. The van der Waals surface area contributed by atoms with Crippen LogP contribution in [-0.2, 0) is 14.6 Å². The van der Waals surface area contributed by atoms with Gasteiger partial charge in [0.15, 0.2) is 15.0 Å². The van der Waals surface area contributed by atoms with Crippen molar-refractivity contribution >= 4 is 54.3 Å². The summed E-state index contributed by atoms with van der Waals surface area (Å²) in [6.07, 6.45) is 0.735. The third kappa shape index (κ3) is 3.55. The van der Waals surface area contributed by atoms with E-state index in [1.807, 2.05) is 43.0 Å². The maximum Gasteiger partial charge on any atom is 0.250 e. The van der Waals surface area contributed by atoms with E-state index in [-0.39, 0.29) is 34.6 Å². The Kier molecular flexibility index (Phi) is 5.09. The molecule has 5 nitrogen and oxygen atoms in total. The quantitative estimate of drug-likeness (QED) is 0.736. The minimum absolute atomic E-state index is 0.0718. The van der Waals surface area contributed by atoms with Gasteiger partial charge in [0.25, 0.3) is 5.91 Å². The summed E-state index contributed by atoms with van der Waals surface area (Å²) in [7, 11) is -3.04. The summed E-state index contributed by atoms with van der Waals surface area (Å²) in [6, 6.07) is 7.49. The molecule has 0 unspecified atom stereocenters. The van der Waals surface area contributed by atoms with Crippen molar-refractivity contribution in [2.24, 2.45) is 10.9 Å². The minimum atomic E-state index is -3.04. The number of thioether (sulfide) groups is 1. The van der Waals surface area contributed by atoms with E-state index in [9.17, 15) is 13.2 Å². The van der Waals surface area contributed by atoms with Gasteiger partial charge in [0.1, 0.15) is 0 Å². The summed E-state index contributed by atoms with van der Waals surface area (Å²) in [5.74, 6) is -0.0358. The number of benzene rings is 1. The van der Waals surface area contributed by atoms with Crippen LogP contribution in [0.2, 0.25) is 0 Å². The Balaban J connectivity index is 2.00. The number of hydrogen-bond acceptors (Lipinski definition) is 4. The largest absolute Gasteiger partial charge is 0.316 e. The van der Waals surface area contributed by atoms with Crippen molar-refractivity contribution in [1.82, 2.24) is 0 Å². The first-order valence-corrected chi connectivity index (χ1v) is 11.3. The average molecular weight is 431 g/mol. The van der Waals surface area contributed by atoms with Gasteiger partial charge in [0.2, 0.25) is 0 Å². The number of carbonyl (C=O) groups is 1. The van der Waals surface area contributed by atoms with Gasteiger partial charge >= 0.3 is 0 Å². The predicted molar refractivity (Wildman–Crippen MR) is 102 cm³/mol.